The maximum atomic E-state index is 11.8. The molecule has 0 bridgehead atoms. The first-order valence-electron chi connectivity index (χ1n) is 5.21. The van der Waals surface area contributed by atoms with Gasteiger partial charge in [0.05, 0.1) is 12.8 Å². The van der Waals surface area contributed by atoms with Gasteiger partial charge in [-0.1, -0.05) is 0 Å². The molecule has 1 rings (SSSR count). The number of alkyl halides is 3. The fourth-order valence-electron chi connectivity index (χ4n) is 1.18. The molecule has 0 unspecified atom stereocenters. The van der Waals surface area contributed by atoms with Gasteiger partial charge in [-0.2, -0.15) is 13.2 Å². The van der Waals surface area contributed by atoms with E-state index in [0.717, 1.165) is 0 Å². The summed E-state index contributed by atoms with van der Waals surface area (Å²) >= 11 is 0. The van der Waals surface area contributed by atoms with Crippen LogP contribution < -0.4 is 20.5 Å². The highest BCUT2D eigenvalue weighted by molar-refractivity contribution is 5.77. The molecule has 0 aliphatic heterocycles. The summed E-state index contributed by atoms with van der Waals surface area (Å²) in [7, 11) is 1.46. The number of hydrogen-bond donors (Lipinski definition) is 2. The average molecular weight is 278 g/mol. The Morgan fingerprint density at radius 3 is 2.63 bits per heavy atom. The Hall–Kier alpha value is -2.12. The molecule has 0 aromatic heterocycles. The van der Waals surface area contributed by atoms with Gasteiger partial charge in [0, 0.05) is 6.07 Å². The molecule has 106 valence electrons. The van der Waals surface area contributed by atoms with Gasteiger partial charge in [-0.3, -0.25) is 4.79 Å². The lowest BCUT2D eigenvalue weighted by atomic mass is 10.3. The summed E-state index contributed by atoms with van der Waals surface area (Å²) in [6, 6.07) is 4.49. The Labute approximate surface area is 107 Å². The van der Waals surface area contributed by atoms with Crippen LogP contribution in [0.2, 0.25) is 0 Å². The second-order valence-electron chi connectivity index (χ2n) is 3.58. The van der Waals surface area contributed by atoms with E-state index in [1.54, 1.807) is 11.4 Å². The predicted octanol–water partition coefficient (Wildman–Crippen LogP) is 1.33. The number of nitrogen functional groups attached to an aromatic ring is 1. The topological polar surface area (TPSA) is 73.6 Å². The molecular weight excluding hydrogens is 265 g/mol. The molecule has 0 atom stereocenters. The summed E-state index contributed by atoms with van der Waals surface area (Å²) in [4.78, 5) is 11.1. The third-order valence-electron chi connectivity index (χ3n) is 2.06. The Morgan fingerprint density at radius 1 is 1.42 bits per heavy atom. The largest absolute Gasteiger partial charge is 0.497 e. The van der Waals surface area contributed by atoms with Crippen molar-refractivity contribution in [1.29, 1.82) is 0 Å². The summed E-state index contributed by atoms with van der Waals surface area (Å²) in [5, 5.41) is 1.68. The van der Waals surface area contributed by atoms with Gasteiger partial charge in [-0.15, -0.1) is 0 Å². The fraction of sp³-hybridized carbons (Fsp3) is 0.364. The van der Waals surface area contributed by atoms with E-state index in [1.165, 1.54) is 19.2 Å². The number of rotatable bonds is 5. The van der Waals surface area contributed by atoms with Crippen LogP contribution in [-0.4, -0.2) is 32.3 Å². The van der Waals surface area contributed by atoms with Gasteiger partial charge in [0.1, 0.15) is 18.0 Å². The highest BCUT2D eigenvalue weighted by Gasteiger charge is 2.27. The minimum Gasteiger partial charge on any atom is -0.497 e. The normalized spacial score (nSPS) is 10.9. The minimum absolute atomic E-state index is 0.197. The maximum absolute atomic E-state index is 11.8. The van der Waals surface area contributed by atoms with Crippen molar-refractivity contribution in [3.8, 4) is 11.5 Å². The minimum atomic E-state index is -4.45. The molecular formula is C11H13F3N2O3. The van der Waals surface area contributed by atoms with E-state index >= 15 is 0 Å². The zero-order valence-electron chi connectivity index (χ0n) is 10.1. The number of hydrogen-bond acceptors (Lipinski definition) is 4. The van der Waals surface area contributed by atoms with Crippen molar-refractivity contribution in [1.82, 2.24) is 5.32 Å². The fourth-order valence-corrected chi connectivity index (χ4v) is 1.18. The predicted molar refractivity (Wildman–Crippen MR) is 62.0 cm³/mol. The van der Waals surface area contributed by atoms with Crippen molar-refractivity contribution in [3.63, 3.8) is 0 Å². The van der Waals surface area contributed by atoms with E-state index in [-0.39, 0.29) is 11.4 Å². The van der Waals surface area contributed by atoms with E-state index in [0.29, 0.717) is 5.75 Å². The molecule has 0 heterocycles. The van der Waals surface area contributed by atoms with Gasteiger partial charge < -0.3 is 20.5 Å². The number of nitrogens with one attached hydrogen (secondary N) is 1. The molecule has 0 radical (unpaired) electrons. The van der Waals surface area contributed by atoms with Gasteiger partial charge in [0.25, 0.3) is 5.91 Å². The molecule has 0 aliphatic rings. The van der Waals surface area contributed by atoms with Gasteiger partial charge >= 0.3 is 6.18 Å². The van der Waals surface area contributed by atoms with Crippen molar-refractivity contribution in [2.75, 3.05) is 26.0 Å². The van der Waals surface area contributed by atoms with Crippen molar-refractivity contribution >= 4 is 11.6 Å². The Balaban J connectivity index is 2.46. The molecule has 0 spiro atoms. The number of carbonyl (C=O) groups is 1. The lowest BCUT2D eigenvalue weighted by Crippen LogP contribution is -2.36. The summed E-state index contributed by atoms with van der Waals surface area (Å²) < 4.78 is 45.4. The first kappa shape index (κ1) is 14.9. The van der Waals surface area contributed by atoms with Crippen LogP contribution in [0.25, 0.3) is 0 Å². The maximum Gasteiger partial charge on any atom is 0.405 e. The summed E-state index contributed by atoms with van der Waals surface area (Å²) in [6.07, 6.45) is -4.45. The monoisotopic (exact) mass is 278 g/mol. The van der Waals surface area contributed by atoms with E-state index < -0.39 is 25.2 Å². The standard InChI is InChI=1S/C11H13F3N2O3/c1-18-7-2-3-9(8(15)4-7)19-5-10(17)16-6-11(12,13)14/h2-4H,5-6,15H2,1H3,(H,16,17). The van der Waals surface area contributed by atoms with Crippen LogP contribution in [0.5, 0.6) is 11.5 Å². The Morgan fingerprint density at radius 2 is 2.11 bits per heavy atom. The van der Waals surface area contributed by atoms with Crippen LogP contribution >= 0.6 is 0 Å². The molecule has 1 aromatic carbocycles. The lowest BCUT2D eigenvalue weighted by molar-refractivity contribution is -0.139. The van der Waals surface area contributed by atoms with Gasteiger partial charge in [0.15, 0.2) is 6.61 Å². The van der Waals surface area contributed by atoms with Crippen LogP contribution in [0.1, 0.15) is 0 Å². The number of anilines is 1. The molecule has 1 amide bonds. The summed E-state index contributed by atoms with van der Waals surface area (Å²) in [5.74, 6) is -0.179. The first-order valence-corrected chi connectivity index (χ1v) is 5.21. The summed E-state index contributed by atoms with van der Waals surface area (Å²) in [5.41, 5.74) is 5.83. The molecule has 0 fully saturated rings. The molecule has 8 heteroatoms. The van der Waals surface area contributed by atoms with Crippen molar-refractivity contribution in [2.24, 2.45) is 0 Å². The van der Waals surface area contributed by atoms with E-state index in [1.807, 2.05) is 0 Å². The Kier molecular flexibility index (Phi) is 4.85. The lowest BCUT2D eigenvalue weighted by Gasteiger charge is -2.11. The highest BCUT2D eigenvalue weighted by atomic mass is 19.4. The number of halogens is 3. The van der Waals surface area contributed by atoms with Gasteiger partial charge in [-0.05, 0) is 12.1 Å². The molecule has 19 heavy (non-hydrogen) atoms. The quantitative estimate of drug-likeness (QED) is 0.797. The van der Waals surface area contributed by atoms with Crippen LogP contribution in [0.3, 0.4) is 0 Å². The van der Waals surface area contributed by atoms with Crippen molar-refractivity contribution in [3.05, 3.63) is 18.2 Å². The highest BCUT2D eigenvalue weighted by Crippen LogP contribution is 2.26. The average Bonchev–Trinajstić information content (AvgIpc) is 2.34. The van der Waals surface area contributed by atoms with Crippen molar-refractivity contribution < 1.29 is 27.4 Å². The number of carbonyl (C=O) groups excluding carboxylic acids is 1. The van der Waals surface area contributed by atoms with Crippen LogP contribution in [-0.2, 0) is 4.79 Å². The first-order chi connectivity index (χ1) is 8.81. The molecule has 0 saturated heterocycles. The number of nitrogens with two attached hydrogens (primary N) is 1. The Bertz CT molecular complexity index is 449. The van der Waals surface area contributed by atoms with E-state index in [9.17, 15) is 18.0 Å². The zero-order valence-corrected chi connectivity index (χ0v) is 10.1. The molecule has 3 N–H and O–H groups in total. The van der Waals surface area contributed by atoms with Gasteiger partial charge in [-0.25, -0.2) is 0 Å². The number of benzene rings is 1. The van der Waals surface area contributed by atoms with Crippen LogP contribution in [0, 0.1) is 0 Å². The third-order valence-corrected chi connectivity index (χ3v) is 2.06. The molecule has 1 aromatic rings. The molecule has 5 nitrogen and oxygen atoms in total. The third kappa shape index (κ3) is 5.36. The number of ether oxygens (including phenoxy) is 2. The summed E-state index contributed by atoms with van der Waals surface area (Å²) in [6.45, 7) is -1.94. The zero-order chi connectivity index (χ0) is 14.5. The van der Waals surface area contributed by atoms with Crippen LogP contribution in [0.4, 0.5) is 18.9 Å². The smallest absolute Gasteiger partial charge is 0.405 e. The SMILES string of the molecule is COc1ccc(OCC(=O)NCC(F)(F)F)c(N)c1. The number of amides is 1. The number of methoxy groups -OCH3 is 1. The second-order valence-corrected chi connectivity index (χ2v) is 3.58. The van der Waals surface area contributed by atoms with Crippen molar-refractivity contribution in [2.45, 2.75) is 6.18 Å². The second kappa shape index (κ2) is 6.17. The molecule has 0 saturated carbocycles. The van der Waals surface area contributed by atoms with Gasteiger partial charge in [0.2, 0.25) is 0 Å². The van der Waals surface area contributed by atoms with E-state index in [4.69, 9.17) is 15.2 Å². The molecule has 0 aliphatic carbocycles. The van der Waals surface area contributed by atoms with Crippen LogP contribution in [0.15, 0.2) is 18.2 Å². The van der Waals surface area contributed by atoms with E-state index in [2.05, 4.69) is 0 Å².